The molecule has 1 aromatic heterocycles. The monoisotopic (exact) mass is 319 g/mol. The van der Waals surface area contributed by atoms with E-state index in [9.17, 15) is 13.2 Å². The SMILES string of the molecule is N#Cc1cc(NC2CCCC(C(F)(F)F)C2)c2ccccc2n1. The van der Waals surface area contributed by atoms with Gasteiger partial charge in [0.05, 0.1) is 11.4 Å². The van der Waals surface area contributed by atoms with Crippen molar-refractivity contribution in [2.75, 3.05) is 5.32 Å². The summed E-state index contributed by atoms with van der Waals surface area (Å²) in [5.41, 5.74) is 1.60. The van der Waals surface area contributed by atoms with Crippen LogP contribution in [0.15, 0.2) is 30.3 Å². The van der Waals surface area contributed by atoms with Crippen molar-refractivity contribution in [2.24, 2.45) is 5.92 Å². The number of alkyl halides is 3. The lowest BCUT2D eigenvalue weighted by Gasteiger charge is -2.31. The maximum absolute atomic E-state index is 12.9. The zero-order valence-electron chi connectivity index (χ0n) is 12.4. The Balaban J connectivity index is 1.88. The second kappa shape index (κ2) is 6.07. The van der Waals surface area contributed by atoms with Crippen LogP contribution in [0.5, 0.6) is 0 Å². The molecule has 1 heterocycles. The largest absolute Gasteiger partial charge is 0.391 e. The number of nitrogens with zero attached hydrogens (tertiary/aromatic N) is 2. The number of benzene rings is 1. The van der Waals surface area contributed by atoms with Gasteiger partial charge in [-0.25, -0.2) is 4.98 Å². The van der Waals surface area contributed by atoms with E-state index in [4.69, 9.17) is 5.26 Å². The number of nitrogens with one attached hydrogen (secondary N) is 1. The van der Waals surface area contributed by atoms with Crippen LogP contribution in [0, 0.1) is 17.2 Å². The quantitative estimate of drug-likeness (QED) is 0.877. The molecular weight excluding hydrogens is 303 g/mol. The van der Waals surface area contributed by atoms with Gasteiger partial charge < -0.3 is 5.32 Å². The Kier molecular flexibility index (Phi) is 4.12. The van der Waals surface area contributed by atoms with Crippen molar-refractivity contribution in [3.8, 4) is 6.07 Å². The second-order valence-corrected chi connectivity index (χ2v) is 5.93. The molecule has 3 rings (SSSR count). The molecule has 3 nitrogen and oxygen atoms in total. The lowest BCUT2D eigenvalue weighted by atomic mass is 9.85. The first-order chi connectivity index (χ1) is 11.0. The molecule has 0 bridgehead atoms. The molecule has 0 radical (unpaired) electrons. The van der Waals surface area contributed by atoms with E-state index in [1.165, 1.54) is 0 Å². The molecule has 23 heavy (non-hydrogen) atoms. The molecule has 1 aromatic carbocycles. The molecule has 2 unspecified atom stereocenters. The molecule has 1 aliphatic carbocycles. The lowest BCUT2D eigenvalue weighted by Crippen LogP contribution is -2.34. The van der Waals surface area contributed by atoms with Gasteiger partial charge >= 0.3 is 6.18 Å². The van der Waals surface area contributed by atoms with Gasteiger partial charge in [0.2, 0.25) is 0 Å². The summed E-state index contributed by atoms with van der Waals surface area (Å²) in [6.07, 6.45) is -2.62. The number of aromatic nitrogens is 1. The third-order valence-corrected chi connectivity index (χ3v) is 4.33. The molecule has 2 atom stereocenters. The summed E-state index contributed by atoms with van der Waals surface area (Å²) in [5, 5.41) is 13.1. The second-order valence-electron chi connectivity index (χ2n) is 5.93. The van der Waals surface area contributed by atoms with E-state index in [1.54, 1.807) is 12.1 Å². The van der Waals surface area contributed by atoms with Crippen molar-refractivity contribution < 1.29 is 13.2 Å². The van der Waals surface area contributed by atoms with Crippen molar-refractivity contribution in [1.29, 1.82) is 5.26 Å². The first-order valence-electron chi connectivity index (χ1n) is 7.60. The van der Waals surface area contributed by atoms with Crippen LogP contribution in [0.1, 0.15) is 31.4 Å². The minimum absolute atomic E-state index is 0.0715. The zero-order valence-corrected chi connectivity index (χ0v) is 12.4. The standard InChI is InChI=1S/C17H16F3N3/c18-17(19,20)11-4-3-5-12(8-11)22-16-9-13(10-21)23-15-7-2-1-6-14(15)16/h1-2,6-7,9,11-12H,3-5,8H2,(H,22,23). The van der Waals surface area contributed by atoms with Crippen LogP contribution in [0.3, 0.4) is 0 Å². The van der Waals surface area contributed by atoms with Crippen LogP contribution in [-0.4, -0.2) is 17.2 Å². The Morgan fingerprint density at radius 3 is 2.74 bits per heavy atom. The van der Waals surface area contributed by atoms with Crippen LogP contribution >= 0.6 is 0 Å². The van der Waals surface area contributed by atoms with Crippen molar-refractivity contribution in [1.82, 2.24) is 4.98 Å². The molecule has 6 heteroatoms. The highest BCUT2D eigenvalue weighted by molar-refractivity contribution is 5.91. The lowest BCUT2D eigenvalue weighted by molar-refractivity contribution is -0.182. The highest BCUT2D eigenvalue weighted by Crippen LogP contribution is 2.38. The van der Waals surface area contributed by atoms with Gasteiger partial charge in [0.15, 0.2) is 0 Å². The number of hydrogen-bond donors (Lipinski definition) is 1. The van der Waals surface area contributed by atoms with Gasteiger partial charge in [-0.15, -0.1) is 0 Å². The molecule has 120 valence electrons. The topological polar surface area (TPSA) is 48.7 Å². The van der Waals surface area contributed by atoms with E-state index < -0.39 is 12.1 Å². The Labute approximate surface area is 132 Å². The maximum Gasteiger partial charge on any atom is 0.391 e. The minimum atomic E-state index is -4.14. The Hall–Kier alpha value is -2.29. The van der Waals surface area contributed by atoms with Gasteiger partial charge in [-0.2, -0.15) is 18.4 Å². The van der Waals surface area contributed by atoms with Crippen LogP contribution in [-0.2, 0) is 0 Å². The van der Waals surface area contributed by atoms with Crippen LogP contribution in [0.25, 0.3) is 10.9 Å². The van der Waals surface area contributed by atoms with Crippen molar-refractivity contribution in [3.05, 3.63) is 36.0 Å². The fraction of sp³-hybridized carbons (Fsp3) is 0.412. The highest BCUT2D eigenvalue weighted by Gasteiger charge is 2.42. The van der Waals surface area contributed by atoms with E-state index in [1.807, 2.05) is 24.3 Å². The minimum Gasteiger partial charge on any atom is -0.382 e. The Bertz CT molecular complexity index is 749. The summed E-state index contributed by atoms with van der Waals surface area (Å²) in [7, 11) is 0. The summed E-state index contributed by atoms with van der Waals surface area (Å²) in [4.78, 5) is 4.22. The Morgan fingerprint density at radius 2 is 2.00 bits per heavy atom. The van der Waals surface area contributed by atoms with Crippen LogP contribution in [0.2, 0.25) is 0 Å². The van der Waals surface area contributed by atoms with Gasteiger partial charge in [-0.3, -0.25) is 0 Å². The van der Waals surface area contributed by atoms with Gasteiger partial charge in [0.25, 0.3) is 0 Å². The molecule has 1 aliphatic rings. The smallest absolute Gasteiger partial charge is 0.382 e. The van der Waals surface area contributed by atoms with Gasteiger partial charge in [0, 0.05) is 17.1 Å². The summed E-state index contributed by atoms with van der Waals surface area (Å²) in [5.74, 6) is -1.25. The third kappa shape index (κ3) is 3.39. The summed E-state index contributed by atoms with van der Waals surface area (Å²) >= 11 is 0. The number of pyridine rings is 1. The molecule has 2 aromatic rings. The molecule has 0 spiro atoms. The van der Waals surface area contributed by atoms with Gasteiger partial charge in [-0.05, 0) is 31.4 Å². The molecule has 1 N–H and O–H groups in total. The number of halogens is 3. The van der Waals surface area contributed by atoms with Gasteiger partial charge in [-0.1, -0.05) is 24.6 Å². The maximum atomic E-state index is 12.9. The number of fused-ring (bicyclic) bond motifs is 1. The third-order valence-electron chi connectivity index (χ3n) is 4.33. The van der Waals surface area contributed by atoms with E-state index in [0.29, 0.717) is 24.0 Å². The first kappa shape index (κ1) is 15.6. The number of anilines is 1. The van der Waals surface area contributed by atoms with Crippen molar-refractivity contribution >= 4 is 16.6 Å². The average Bonchev–Trinajstić information content (AvgIpc) is 2.54. The molecule has 1 saturated carbocycles. The Morgan fingerprint density at radius 1 is 1.22 bits per heavy atom. The highest BCUT2D eigenvalue weighted by atomic mass is 19.4. The average molecular weight is 319 g/mol. The zero-order chi connectivity index (χ0) is 16.4. The molecule has 0 aliphatic heterocycles. The molecule has 1 fully saturated rings. The fourth-order valence-electron chi connectivity index (χ4n) is 3.19. The van der Waals surface area contributed by atoms with Crippen LogP contribution in [0.4, 0.5) is 18.9 Å². The predicted octanol–water partition coefficient (Wildman–Crippen LogP) is 4.64. The van der Waals surface area contributed by atoms with E-state index in [2.05, 4.69) is 10.3 Å². The number of nitriles is 1. The van der Waals surface area contributed by atoms with Gasteiger partial charge in [0.1, 0.15) is 11.8 Å². The van der Waals surface area contributed by atoms with E-state index >= 15 is 0 Å². The molecule has 0 amide bonds. The van der Waals surface area contributed by atoms with Crippen LogP contribution < -0.4 is 5.32 Å². The summed E-state index contributed by atoms with van der Waals surface area (Å²) in [6.45, 7) is 0. The number of para-hydroxylation sites is 1. The number of hydrogen-bond acceptors (Lipinski definition) is 3. The normalized spacial score (nSPS) is 21.8. The van der Waals surface area contributed by atoms with Crippen molar-refractivity contribution in [3.63, 3.8) is 0 Å². The van der Waals surface area contributed by atoms with Crippen molar-refractivity contribution in [2.45, 2.75) is 37.9 Å². The number of rotatable bonds is 2. The first-order valence-corrected chi connectivity index (χ1v) is 7.60. The molecule has 0 saturated heterocycles. The van der Waals surface area contributed by atoms with E-state index in [0.717, 1.165) is 5.39 Å². The predicted molar refractivity (Wildman–Crippen MR) is 81.9 cm³/mol. The summed E-state index contributed by atoms with van der Waals surface area (Å²) in [6, 6.07) is 10.7. The summed E-state index contributed by atoms with van der Waals surface area (Å²) < 4.78 is 38.8. The fourth-order valence-corrected chi connectivity index (χ4v) is 3.19. The van der Waals surface area contributed by atoms with E-state index in [-0.39, 0.29) is 24.6 Å². The molecular formula is C17H16F3N3.